The van der Waals surface area contributed by atoms with Crippen molar-refractivity contribution in [3.05, 3.63) is 54.1 Å². The maximum Gasteiger partial charge on any atom is 0.488 e. The summed E-state index contributed by atoms with van der Waals surface area (Å²) >= 11 is 0. The summed E-state index contributed by atoms with van der Waals surface area (Å²) in [5, 5.41) is 20.7. The highest BCUT2D eigenvalue weighted by molar-refractivity contribution is 6.58. The van der Waals surface area contributed by atoms with Gasteiger partial charge in [-0.25, -0.2) is 4.79 Å². The summed E-state index contributed by atoms with van der Waals surface area (Å²) in [7, 11) is -0.00630. The van der Waals surface area contributed by atoms with Crippen LogP contribution in [-0.2, 0) is 11.3 Å². The third-order valence-corrected chi connectivity index (χ3v) is 2.96. The molecule has 0 atom stereocenters. The second-order valence-corrected chi connectivity index (χ2v) is 4.55. The smallest absolute Gasteiger partial charge is 0.488 e. The summed E-state index contributed by atoms with van der Waals surface area (Å²) in [6.45, 7) is 0.123. The topological polar surface area (TPSA) is 88.0 Å². The number of ether oxygens (including phenoxy) is 2. The maximum atomic E-state index is 11.7. The van der Waals surface area contributed by atoms with Gasteiger partial charge < -0.3 is 19.5 Å². The first-order valence-electron chi connectivity index (χ1n) is 6.61. The van der Waals surface area contributed by atoms with Crippen LogP contribution in [0, 0.1) is 0 Å². The lowest BCUT2D eigenvalue weighted by molar-refractivity contribution is 0.155. The predicted molar refractivity (Wildman–Crippen MR) is 83.1 cm³/mol. The molecule has 114 valence electrons. The Balaban J connectivity index is 1.88. The number of hydrogen-bond acceptors (Lipinski definition) is 5. The Morgan fingerprint density at radius 1 is 1.18 bits per heavy atom. The van der Waals surface area contributed by atoms with Crippen molar-refractivity contribution >= 4 is 24.4 Å². The van der Waals surface area contributed by atoms with Gasteiger partial charge in [-0.05, 0) is 35.3 Å². The van der Waals surface area contributed by atoms with Gasteiger partial charge in [0, 0.05) is 5.69 Å². The molecule has 1 amide bonds. The quantitative estimate of drug-likeness (QED) is 0.720. The van der Waals surface area contributed by atoms with E-state index in [1.54, 1.807) is 49.6 Å². The van der Waals surface area contributed by atoms with Gasteiger partial charge in [0.15, 0.2) is 0 Å². The minimum Gasteiger partial charge on any atom is -0.497 e. The lowest BCUT2D eigenvalue weighted by atomic mass is 9.80. The molecule has 0 aliphatic carbocycles. The lowest BCUT2D eigenvalue weighted by Crippen LogP contribution is -2.30. The third-order valence-electron chi connectivity index (χ3n) is 2.96. The first-order chi connectivity index (χ1) is 10.6. The zero-order chi connectivity index (χ0) is 15.9. The summed E-state index contributed by atoms with van der Waals surface area (Å²) in [4.78, 5) is 11.7. The molecule has 0 radical (unpaired) electrons. The Morgan fingerprint density at radius 2 is 1.91 bits per heavy atom. The molecule has 0 bridgehead atoms. The summed E-state index contributed by atoms with van der Waals surface area (Å²) in [5.74, 6) is 0.729. The highest BCUT2D eigenvalue weighted by Crippen LogP contribution is 2.12. The Hall–Kier alpha value is -2.51. The number of nitrogens with one attached hydrogen (secondary N) is 1. The number of rotatable bonds is 5. The van der Waals surface area contributed by atoms with Crippen LogP contribution in [-0.4, -0.2) is 30.4 Å². The van der Waals surface area contributed by atoms with Gasteiger partial charge in [0.25, 0.3) is 0 Å². The molecule has 0 fully saturated rings. The van der Waals surface area contributed by atoms with Crippen molar-refractivity contribution in [2.75, 3.05) is 12.4 Å². The summed E-state index contributed by atoms with van der Waals surface area (Å²) in [6, 6.07) is 13.4. The molecule has 0 unspecified atom stereocenters. The minimum atomic E-state index is -1.59. The van der Waals surface area contributed by atoms with Gasteiger partial charge in [-0.15, -0.1) is 0 Å². The van der Waals surface area contributed by atoms with Crippen molar-refractivity contribution in [3.8, 4) is 5.75 Å². The van der Waals surface area contributed by atoms with E-state index in [2.05, 4.69) is 5.32 Å². The van der Waals surface area contributed by atoms with Crippen LogP contribution in [0.3, 0.4) is 0 Å². The number of carbonyl (C=O) groups excluding carboxylic acids is 1. The Morgan fingerprint density at radius 3 is 2.55 bits per heavy atom. The fourth-order valence-electron chi connectivity index (χ4n) is 1.80. The van der Waals surface area contributed by atoms with Gasteiger partial charge in [0.1, 0.15) is 12.4 Å². The molecule has 3 N–H and O–H groups in total. The van der Waals surface area contributed by atoms with E-state index in [9.17, 15) is 4.79 Å². The summed E-state index contributed by atoms with van der Waals surface area (Å²) in [6.07, 6.45) is -0.625. The van der Waals surface area contributed by atoms with Crippen LogP contribution in [0.2, 0.25) is 0 Å². The van der Waals surface area contributed by atoms with Crippen LogP contribution in [0.15, 0.2) is 48.5 Å². The molecule has 2 aromatic rings. The molecule has 0 saturated heterocycles. The van der Waals surface area contributed by atoms with Gasteiger partial charge >= 0.3 is 13.2 Å². The number of carbonyl (C=O) groups is 1. The van der Waals surface area contributed by atoms with Gasteiger partial charge in [0.05, 0.1) is 7.11 Å². The zero-order valence-electron chi connectivity index (χ0n) is 12.0. The van der Waals surface area contributed by atoms with E-state index in [-0.39, 0.29) is 12.1 Å². The monoisotopic (exact) mass is 301 g/mol. The SMILES string of the molecule is COc1ccc(COC(=O)Nc2cccc(B(O)O)c2)cc1. The second kappa shape index (κ2) is 7.49. The van der Waals surface area contributed by atoms with E-state index in [0.717, 1.165) is 11.3 Å². The normalized spacial score (nSPS) is 9.95. The second-order valence-electron chi connectivity index (χ2n) is 4.55. The molecular formula is C15H16BNO5. The Kier molecular flexibility index (Phi) is 5.40. The van der Waals surface area contributed by atoms with Crippen molar-refractivity contribution in [2.45, 2.75) is 6.61 Å². The molecule has 0 aliphatic rings. The average molecular weight is 301 g/mol. The number of amides is 1. The maximum absolute atomic E-state index is 11.7. The van der Waals surface area contributed by atoms with Crippen molar-refractivity contribution < 1.29 is 24.3 Å². The standard InChI is InChI=1S/C15H16BNO5/c1-21-14-7-5-11(6-8-14)10-22-15(18)17-13-4-2-3-12(9-13)16(19)20/h2-9,19-20H,10H2,1H3,(H,17,18). The first kappa shape index (κ1) is 15.9. The Labute approximate surface area is 128 Å². The number of methoxy groups -OCH3 is 1. The van der Waals surface area contributed by atoms with Crippen LogP contribution < -0.4 is 15.5 Å². The van der Waals surface area contributed by atoms with E-state index >= 15 is 0 Å². The van der Waals surface area contributed by atoms with Crippen molar-refractivity contribution in [2.24, 2.45) is 0 Å². The van der Waals surface area contributed by atoms with Gasteiger partial charge in [-0.3, -0.25) is 5.32 Å². The number of anilines is 1. The highest BCUT2D eigenvalue weighted by atomic mass is 16.5. The largest absolute Gasteiger partial charge is 0.497 e. The number of benzene rings is 2. The zero-order valence-corrected chi connectivity index (χ0v) is 12.0. The molecule has 22 heavy (non-hydrogen) atoms. The molecule has 2 aromatic carbocycles. The summed E-state index contributed by atoms with van der Waals surface area (Å²) < 4.78 is 10.1. The molecule has 0 aliphatic heterocycles. The highest BCUT2D eigenvalue weighted by Gasteiger charge is 2.12. The van der Waals surface area contributed by atoms with Gasteiger partial charge in [-0.2, -0.15) is 0 Å². The van der Waals surface area contributed by atoms with Crippen LogP contribution >= 0.6 is 0 Å². The van der Waals surface area contributed by atoms with E-state index in [1.165, 1.54) is 6.07 Å². The fourth-order valence-corrected chi connectivity index (χ4v) is 1.80. The van der Waals surface area contributed by atoms with Gasteiger partial charge in [-0.1, -0.05) is 24.3 Å². The molecular weight excluding hydrogens is 285 g/mol. The number of hydrogen-bond donors (Lipinski definition) is 3. The molecule has 6 nitrogen and oxygen atoms in total. The van der Waals surface area contributed by atoms with Crippen molar-refractivity contribution in [1.82, 2.24) is 0 Å². The van der Waals surface area contributed by atoms with E-state index in [1.807, 2.05) is 0 Å². The van der Waals surface area contributed by atoms with E-state index in [4.69, 9.17) is 19.5 Å². The predicted octanol–water partition coefficient (Wildman–Crippen LogP) is 1.12. The first-order valence-corrected chi connectivity index (χ1v) is 6.61. The molecule has 0 spiro atoms. The fraction of sp³-hybridized carbons (Fsp3) is 0.133. The lowest BCUT2D eigenvalue weighted by Gasteiger charge is -2.09. The van der Waals surface area contributed by atoms with Crippen LogP contribution in [0.1, 0.15) is 5.56 Å². The van der Waals surface area contributed by atoms with Crippen LogP contribution in [0.4, 0.5) is 10.5 Å². The van der Waals surface area contributed by atoms with Gasteiger partial charge in [0.2, 0.25) is 0 Å². The average Bonchev–Trinajstić information content (AvgIpc) is 2.53. The molecule has 0 heterocycles. The molecule has 7 heteroatoms. The van der Waals surface area contributed by atoms with Crippen LogP contribution in [0.5, 0.6) is 5.75 Å². The van der Waals surface area contributed by atoms with E-state index < -0.39 is 13.2 Å². The molecule has 0 saturated carbocycles. The molecule has 0 aromatic heterocycles. The third kappa shape index (κ3) is 4.51. The van der Waals surface area contributed by atoms with Crippen LogP contribution in [0.25, 0.3) is 0 Å². The van der Waals surface area contributed by atoms with E-state index in [0.29, 0.717) is 5.69 Å². The Bertz CT molecular complexity index is 630. The van der Waals surface area contributed by atoms with Crippen molar-refractivity contribution in [1.29, 1.82) is 0 Å². The summed E-state index contributed by atoms with van der Waals surface area (Å²) in [5.41, 5.74) is 1.54. The minimum absolute atomic E-state index is 0.123. The van der Waals surface area contributed by atoms with Crippen molar-refractivity contribution in [3.63, 3.8) is 0 Å². The molecule has 2 rings (SSSR count).